The fourth-order valence-corrected chi connectivity index (χ4v) is 2.44. The van der Waals surface area contributed by atoms with Crippen molar-refractivity contribution in [2.45, 2.75) is 20.4 Å². The Morgan fingerprint density at radius 3 is 2.58 bits per heavy atom. The molecule has 0 atom stereocenters. The van der Waals surface area contributed by atoms with Crippen LogP contribution >= 0.6 is 0 Å². The van der Waals surface area contributed by atoms with Gasteiger partial charge in [-0.25, -0.2) is 5.43 Å². The van der Waals surface area contributed by atoms with Gasteiger partial charge in [0.05, 0.1) is 37.7 Å². The highest BCUT2D eigenvalue weighted by molar-refractivity contribution is 6.01. The highest BCUT2D eigenvalue weighted by Gasteiger charge is 2.15. The second-order valence-electron chi connectivity index (χ2n) is 5.43. The lowest BCUT2D eigenvalue weighted by atomic mass is 10.1. The van der Waals surface area contributed by atoms with Crippen molar-refractivity contribution in [3.63, 3.8) is 0 Å². The van der Waals surface area contributed by atoms with Gasteiger partial charge in [0.1, 0.15) is 6.54 Å². The number of aromatic carboxylic acids is 1. The van der Waals surface area contributed by atoms with Crippen molar-refractivity contribution in [1.29, 1.82) is 0 Å². The van der Waals surface area contributed by atoms with Gasteiger partial charge in [0, 0.05) is 11.3 Å². The van der Waals surface area contributed by atoms with Crippen LogP contribution in [0.15, 0.2) is 23.3 Å². The lowest BCUT2D eigenvalue weighted by molar-refractivity contribution is -0.255. The SMILES string of the molecule is COc1ccc(/C=N\NC(=O)Cn2nc(C)cc2C)c(C(=O)[O-])c1OC. The molecule has 1 amide bonds. The molecular weight excluding hydrogens is 340 g/mol. The second-order valence-corrected chi connectivity index (χ2v) is 5.43. The Kier molecular flexibility index (Phi) is 5.94. The lowest BCUT2D eigenvalue weighted by Gasteiger charge is -2.15. The number of hydrazone groups is 1. The van der Waals surface area contributed by atoms with Crippen molar-refractivity contribution in [2.24, 2.45) is 5.10 Å². The molecule has 26 heavy (non-hydrogen) atoms. The van der Waals surface area contributed by atoms with Crippen LogP contribution < -0.4 is 20.0 Å². The normalized spacial score (nSPS) is 10.8. The molecule has 0 saturated heterocycles. The number of benzene rings is 1. The van der Waals surface area contributed by atoms with Crippen LogP contribution in [0, 0.1) is 13.8 Å². The standard InChI is InChI=1S/C17H20N4O5/c1-10-7-11(2)21(20-10)9-14(22)19-18-8-12-5-6-13(25-3)16(26-4)15(12)17(23)24/h5-8H,9H2,1-4H3,(H,19,22)(H,23,24)/p-1/b18-8-. The van der Waals surface area contributed by atoms with E-state index < -0.39 is 11.9 Å². The maximum absolute atomic E-state index is 11.9. The first-order valence-corrected chi connectivity index (χ1v) is 7.66. The first-order valence-electron chi connectivity index (χ1n) is 7.66. The van der Waals surface area contributed by atoms with Gasteiger partial charge in [-0.15, -0.1) is 0 Å². The highest BCUT2D eigenvalue weighted by atomic mass is 16.5. The Morgan fingerprint density at radius 2 is 2.04 bits per heavy atom. The largest absolute Gasteiger partial charge is 0.545 e. The van der Waals surface area contributed by atoms with E-state index in [1.54, 1.807) is 4.68 Å². The monoisotopic (exact) mass is 359 g/mol. The van der Waals surface area contributed by atoms with E-state index in [2.05, 4.69) is 15.6 Å². The number of nitrogens with zero attached hydrogens (tertiary/aromatic N) is 3. The molecule has 1 aromatic carbocycles. The van der Waals surface area contributed by atoms with Crippen LogP contribution in [0.4, 0.5) is 0 Å². The van der Waals surface area contributed by atoms with E-state index in [0.717, 1.165) is 11.4 Å². The molecule has 0 saturated carbocycles. The molecule has 0 bridgehead atoms. The predicted octanol–water partition coefficient (Wildman–Crippen LogP) is 0.0309. The summed E-state index contributed by atoms with van der Waals surface area (Å²) in [7, 11) is 2.71. The van der Waals surface area contributed by atoms with Crippen molar-refractivity contribution in [2.75, 3.05) is 14.2 Å². The molecule has 2 rings (SSSR count). The average molecular weight is 359 g/mol. The third-order valence-electron chi connectivity index (χ3n) is 3.57. The maximum Gasteiger partial charge on any atom is 0.261 e. The molecule has 0 fully saturated rings. The molecule has 0 unspecified atom stereocenters. The molecule has 1 N–H and O–H groups in total. The van der Waals surface area contributed by atoms with Gasteiger partial charge in [0.2, 0.25) is 0 Å². The van der Waals surface area contributed by atoms with E-state index in [-0.39, 0.29) is 29.2 Å². The minimum atomic E-state index is -1.45. The number of nitrogens with one attached hydrogen (secondary N) is 1. The van der Waals surface area contributed by atoms with E-state index in [9.17, 15) is 14.7 Å². The van der Waals surface area contributed by atoms with E-state index in [1.165, 1.54) is 32.6 Å². The van der Waals surface area contributed by atoms with E-state index >= 15 is 0 Å². The molecule has 0 aliphatic carbocycles. The summed E-state index contributed by atoms with van der Waals surface area (Å²) in [5, 5.41) is 19.4. The predicted molar refractivity (Wildman–Crippen MR) is 91.3 cm³/mol. The van der Waals surface area contributed by atoms with Crippen LogP contribution in [-0.4, -0.2) is 42.1 Å². The summed E-state index contributed by atoms with van der Waals surface area (Å²) in [6, 6.07) is 4.86. The van der Waals surface area contributed by atoms with Crippen molar-refractivity contribution in [1.82, 2.24) is 15.2 Å². The first-order chi connectivity index (χ1) is 12.4. The summed E-state index contributed by atoms with van der Waals surface area (Å²) in [4.78, 5) is 23.4. The number of carboxylic acids is 1. The fraction of sp³-hybridized carbons (Fsp3) is 0.294. The van der Waals surface area contributed by atoms with Crippen molar-refractivity contribution in [3.8, 4) is 11.5 Å². The molecule has 2 aromatic rings. The zero-order valence-corrected chi connectivity index (χ0v) is 14.9. The van der Waals surface area contributed by atoms with Crippen LogP contribution in [-0.2, 0) is 11.3 Å². The maximum atomic E-state index is 11.9. The minimum absolute atomic E-state index is 0.00368. The van der Waals surface area contributed by atoms with Crippen molar-refractivity contribution >= 4 is 18.1 Å². The molecule has 9 nitrogen and oxygen atoms in total. The number of amides is 1. The molecule has 138 valence electrons. The van der Waals surface area contributed by atoms with E-state index in [4.69, 9.17) is 9.47 Å². The smallest absolute Gasteiger partial charge is 0.261 e. The van der Waals surface area contributed by atoms with Gasteiger partial charge in [-0.2, -0.15) is 10.2 Å². The number of rotatable bonds is 7. The number of hydrogen-bond acceptors (Lipinski definition) is 7. The number of ether oxygens (including phenoxy) is 2. The van der Waals surface area contributed by atoms with Gasteiger partial charge in [-0.1, -0.05) is 0 Å². The van der Waals surface area contributed by atoms with Gasteiger partial charge in [0.25, 0.3) is 5.91 Å². The molecule has 0 aliphatic heterocycles. The Bertz CT molecular complexity index is 857. The third kappa shape index (κ3) is 4.18. The zero-order valence-electron chi connectivity index (χ0n) is 14.9. The summed E-state index contributed by atoms with van der Waals surface area (Å²) in [6.07, 6.45) is 1.20. The Hall–Kier alpha value is -3.36. The summed E-state index contributed by atoms with van der Waals surface area (Å²) >= 11 is 0. The zero-order chi connectivity index (χ0) is 19.3. The molecule has 0 radical (unpaired) electrons. The lowest BCUT2D eigenvalue weighted by Crippen LogP contribution is -2.26. The van der Waals surface area contributed by atoms with Crippen LogP contribution in [0.2, 0.25) is 0 Å². The van der Waals surface area contributed by atoms with Gasteiger partial charge >= 0.3 is 0 Å². The van der Waals surface area contributed by atoms with Gasteiger partial charge < -0.3 is 19.4 Å². The highest BCUT2D eigenvalue weighted by Crippen LogP contribution is 2.32. The number of aryl methyl sites for hydroxylation is 2. The van der Waals surface area contributed by atoms with Gasteiger partial charge in [-0.05, 0) is 32.0 Å². The Labute approximate surface area is 150 Å². The molecular formula is C17H19N4O5-. The topological polar surface area (TPSA) is 118 Å². The number of aromatic nitrogens is 2. The van der Waals surface area contributed by atoms with Gasteiger partial charge in [0.15, 0.2) is 11.5 Å². The quantitative estimate of drug-likeness (QED) is 0.550. The first kappa shape index (κ1) is 19.0. The summed E-state index contributed by atoms with van der Waals surface area (Å²) in [6.45, 7) is 3.67. The molecule has 1 aromatic heterocycles. The summed E-state index contributed by atoms with van der Waals surface area (Å²) in [5.41, 5.74) is 3.97. The number of carbonyl (C=O) groups excluding carboxylic acids is 2. The molecule has 0 aliphatic rings. The van der Waals surface area contributed by atoms with E-state index in [0.29, 0.717) is 0 Å². The van der Waals surface area contributed by atoms with Gasteiger partial charge in [-0.3, -0.25) is 9.48 Å². The van der Waals surface area contributed by atoms with Crippen LogP contribution in [0.1, 0.15) is 27.3 Å². The Balaban J connectivity index is 2.16. The molecule has 0 spiro atoms. The van der Waals surface area contributed by atoms with Crippen LogP contribution in [0.3, 0.4) is 0 Å². The summed E-state index contributed by atoms with van der Waals surface area (Å²) < 4.78 is 11.7. The van der Waals surface area contributed by atoms with Crippen LogP contribution in [0.5, 0.6) is 11.5 Å². The van der Waals surface area contributed by atoms with E-state index in [1.807, 2.05) is 19.9 Å². The average Bonchev–Trinajstić information content (AvgIpc) is 2.90. The Morgan fingerprint density at radius 1 is 1.31 bits per heavy atom. The second kappa shape index (κ2) is 8.15. The van der Waals surface area contributed by atoms with Crippen LogP contribution in [0.25, 0.3) is 0 Å². The van der Waals surface area contributed by atoms with Crippen molar-refractivity contribution < 1.29 is 24.2 Å². The fourth-order valence-electron chi connectivity index (χ4n) is 2.44. The summed E-state index contributed by atoms with van der Waals surface area (Å²) in [5.74, 6) is -1.58. The number of hydrogen-bond donors (Lipinski definition) is 1. The number of methoxy groups -OCH3 is 2. The number of carboxylic acid groups (broad SMARTS) is 1. The van der Waals surface area contributed by atoms with Crippen molar-refractivity contribution in [3.05, 3.63) is 40.7 Å². The molecule has 1 heterocycles. The minimum Gasteiger partial charge on any atom is -0.545 e. The molecule has 9 heteroatoms. The third-order valence-corrected chi connectivity index (χ3v) is 3.57. The number of carbonyl (C=O) groups is 2.